The topological polar surface area (TPSA) is 30.5 Å². The molecule has 3 nitrogen and oxygen atoms in total. The number of hydrogen-bond donors (Lipinski definition) is 1. The van der Waals surface area contributed by atoms with Crippen molar-refractivity contribution in [2.75, 3.05) is 20.3 Å². The van der Waals surface area contributed by atoms with Gasteiger partial charge >= 0.3 is 0 Å². The van der Waals surface area contributed by atoms with Gasteiger partial charge in [-0.15, -0.1) is 0 Å². The molecule has 0 bridgehead atoms. The quantitative estimate of drug-likeness (QED) is 0.686. The van der Waals surface area contributed by atoms with Crippen LogP contribution < -0.4 is 5.32 Å². The summed E-state index contributed by atoms with van der Waals surface area (Å²) in [5, 5.41) is 3.80. The molecule has 21 heavy (non-hydrogen) atoms. The Kier molecular flexibility index (Phi) is 7.48. The van der Waals surface area contributed by atoms with E-state index in [1.165, 1.54) is 70.6 Å². The summed E-state index contributed by atoms with van der Waals surface area (Å²) in [4.78, 5) is 0. The molecule has 0 spiro atoms. The summed E-state index contributed by atoms with van der Waals surface area (Å²) in [7, 11) is 1.93. The molecule has 2 rings (SSSR count). The van der Waals surface area contributed by atoms with Gasteiger partial charge in [0.25, 0.3) is 0 Å². The molecule has 1 N–H and O–H groups in total. The van der Waals surface area contributed by atoms with Crippen LogP contribution in [0.25, 0.3) is 0 Å². The number of rotatable bonds is 8. The summed E-state index contributed by atoms with van der Waals surface area (Å²) in [6.45, 7) is 4.31. The molecule has 0 amide bonds. The molecular formula is C18H35NO2. The highest BCUT2D eigenvalue weighted by Gasteiger charge is 2.39. The van der Waals surface area contributed by atoms with Gasteiger partial charge in [-0.25, -0.2) is 0 Å². The van der Waals surface area contributed by atoms with Crippen molar-refractivity contribution in [3.8, 4) is 0 Å². The maximum atomic E-state index is 6.13. The largest absolute Gasteiger partial charge is 0.378 e. The van der Waals surface area contributed by atoms with Crippen LogP contribution in [-0.4, -0.2) is 38.0 Å². The van der Waals surface area contributed by atoms with E-state index in [9.17, 15) is 0 Å². The number of nitrogens with one attached hydrogen (secondary N) is 1. The van der Waals surface area contributed by atoms with Crippen LogP contribution in [-0.2, 0) is 9.47 Å². The van der Waals surface area contributed by atoms with Crippen molar-refractivity contribution in [3.63, 3.8) is 0 Å². The first-order chi connectivity index (χ1) is 10.3. The first-order valence-corrected chi connectivity index (χ1v) is 9.21. The second kappa shape index (κ2) is 9.12. The van der Waals surface area contributed by atoms with Crippen molar-refractivity contribution < 1.29 is 9.47 Å². The van der Waals surface area contributed by atoms with E-state index in [1.54, 1.807) is 0 Å². The van der Waals surface area contributed by atoms with E-state index < -0.39 is 0 Å². The molecular weight excluding hydrogens is 262 g/mol. The van der Waals surface area contributed by atoms with Crippen LogP contribution in [0.1, 0.15) is 77.6 Å². The van der Waals surface area contributed by atoms with Gasteiger partial charge < -0.3 is 14.8 Å². The first kappa shape index (κ1) is 17.2. The van der Waals surface area contributed by atoms with Gasteiger partial charge in [0.2, 0.25) is 0 Å². The second-order valence-corrected chi connectivity index (χ2v) is 6.90. The molecule has 1 saturated heterocycles. The summed E-state index contributed by atoms with van der Waals surface area (Å²) in [5.41, 5.74) is 0.0598. The second-order valence-electron chi connectivity index (χ2n) is 6.90. The Balaban J connectivity index is 1.96. The molecule has 124 valence electrons. The minimum absolute atomic E-state index is 0.0598. The summed E-state index contributed by atoms with van der Waals surface area (Å²) in [6.07, 6.45) is 14.4. The van der Waals surface area contributed by atoms with E-state index in [-0.39, 0.29) is 5.60 Å². The van der Waals surface area contributed by atoms with Gasteiger partial charge in [-0.3, -0.25) is 0 Å². The standard InChI is InChI=1S/C18H35NO2/c1-3-14-19-17(11-10-16-9-8-15-21-16)18(20-2)12-6-4-5-7-13-18/h16-17,19H,3-15H2,1-2H3. The summed E-state index contributed by atoms with van der Waals surface area (Å²) in [5.74, 6) is 0. The lowest BCUT2D eigenvalue weighted by Gasteiger charge is -2.40. The molecule has 0 aromatic rings. The predicted molar refractivity (Wildman–Crippen MR) is 87.7 cm³/mol. The Labute approximate surface area is 131 Å². The zero-order valence-corrected chi connectivity index (χ0v) is 14.2. The fourth-order valence-electron chi connectivity index (χ4n) is 4.12. The molecule has 2 aliphatic rings. The molecule has 1 aliphatic heterocycles. The van der Waals surface area contributed by atoms with Gasteiger partial charge in [0.05, 0.1) is 11.7 Å². The minimum Gasteiger partial charge on any atom is -0.378 e. The number of ether oxygens (including phenoxy) is 2. The molecule has 0 aromatic carbocycles. The molecule has 1 aliphatic carbocycles. The monoisotopic (exact) mass is 297 g/mol. The highest BCUT2D eigenvalue weighted by atomic mass is 16.5. The van der Waals surface area contributed by atoms with Crippen molar-refractivity contribution in [1.82, 2.24) is 5.32 Å². The Hall–Kier alpha value is -0.120. The predicted octanol–water partition coefficient (Wildman–Crippen LogP) is 4.05. The third-order valence-electron chi connectivity index (χ3n) is 5.43. The zero-order chi connectivity index (χ0) is 15.0. The van der Waals surface area contributed by atoms with E-state index in [2.05, 4.69) is 12.2 Å². The lowest BCUT2D eigenvalue weighted by atomic mass is 9.83. The minimum atomic E-state index is 0.0598. The summed E-state index contributed by atoms with van der Waals surface area (Å²) < 4.78 is 11.9. The van der Waals surface area contributed by atoms with E-state index in [0.717, 1.165) is 13.2 Å². The molecule has 1 heterocycles. The highest BCUT2D eigenvalue weighted by Crippen LogP contribution is 2.35. The van der Waals surface area contributed by atoms with Gasteiger partial charge in [-0.05, 0) is 51.5 Å². The third kappa shape index (κ3) is 4.94. The molecule has 0 aromatic heterocycles. The lowest BCUT2D eigenvalue weighted by Crippen LogP contribution is -2.52. The van der Waals surface area contributed by atoms with E-state index in [4.69, 9.17) is 9.47 Å². The van der Waals surface area contributed by atoms with Gasteiger partial charge in [-0.2, -0.15) is 0 Å². The fourth-order valence-corrected chi connectivity index (χ4v) is 4.12. The fraction of sp³-hybridized carbons (Fsp3) is 1.00. The van der Waals surface area contributed by atoms with Gasteiger partial charge in [0.15, 0.2) is 0 Å². The molecule has 3 heteroatoms. The zero-order valence-electron chi connectivity index (χ0n) is 14.2. The van der Waals surface area contributed by atoms with Crippen molar-refractivity contribution >= 4 is 0 Å². The molecule has 0 radical (unpaired) electrons. The van der Waals surface area contributed by atoms with E-state index >= 15 is 0 Å². The first-order valence-electron chi connectivity index (χ1n) is 9.21. The van der Waals surface area contributed by atoms with Crippen LogP contribution in [0.4, 0.5) is 0 Å². The van der Waals surface area contributed by atoms with E-state index in [1.807, 2.05) is 7.11 Å². The molecule has 2 fully saturated rings. The lowest BCUT2D eigenvalue weighted by molar-refractivity contribution is -0.0576. The van der Waals surface area contributed by atoms with Crippen LogP contribution in [0.5, 0.6) is 0 Å². The van der Waals surface area contributed by atoms with Crippen LogP contribution in [0.2, 0.25) is 0 Å². The van der Waals surface area contributed by atoms with Gasteiger partial charge in [-0.1, -0.05) is 32.6 Å². The van der Waals surface area contributed by atoms with Crippen LogP contribution >= 0.6 is 0 Å². The van der Waals surface area contributed by atoms with Gasteiger partial charge in [0.1, 0.15) is 0 Å². The summed E-state index contributed by atoms with van der Waals surface area (Å²) in [6, 6.07) is 0.491. The third-order valence-corrected chi connectivity index (χ3v) is 5.43. The average molecular weight is 297 g/mol. The SMILES string of the molecule is CCCNC(CCC1CCCO1)C1(OC)CCCCCC1. The van der Waals surface area contributed by atoms with Crippen LogP contribution in [0.15, 0.2) is 0 Å². The molecule has 2 unspecified atom stereocenters. The normalized spacial score (nSPS) is 27.4. The smallest absolute Gasteiger partial charge is 0.0830 e. The van der Waals surface area contributed by atoms with Crippen molar-refractivity contribution in [2.24, 2.45) is 0 Å². The number of hydrogen-bond acceptors (Lipinski definition) is 3. The number of methoxy groups -OCH3 is 1. The van der Waals surface area contributed by atoms with Crippen LogP contribution in [0, 0.1) is 0 Å². The Morgan fingerprint density at radius 3 is 2.52 bits per heavy atom. The van der Waals surface area contributed by atoms with Gasteiger partial charge in [0, 0.05) is 19.8 Å². The maximum absolute atomic E-state index is 6.13. The average Bonchev–Trinajstić information content (AvgIpc) is 2.91. The van der Waals surface area contributed by atoms with Crippen molar-refractivity contribution in [2.45, 2.75) is 95.3 Å². The molecule has 2 atom stereocenters. The van der Waals surface area contributed by atoms with E-state index in [0.29, 0.717) is 12.1 Å². The Morgan fingerprint density at radius 2 is 1.95 bits per heavy atom. The van der Waals surface area contributed by atoms with Crippen molar-refractivity contribution in [1.29, 1.82) is 0 Å². The summed E-state index contributed by atoms with van der Waals surface area (Å²) >= 11 is 0. The Morgan fingerprint density at radius 1 is 1.19 bits per heavy atom. The van der Waals surface area contributed by atoms with Crippen molar-refractivity contribution in [3.05, 3.63) is 0 Å². The maximum Gasteiger partial charge on any atom is 0.0830 e. The van der Waals surface area contributed by atoms with Crippen LogP contribution in [0.3, 0.4) is 0 Å². The molecule has 1 saturated carbocycles. The highest BCUT2D eigenvalue weighted by molar-refractivity contribution is 4.95. The Bertz CT molecular complexity index is 268.